The summed E-state index contributed by atoms with van der Waals surface area (Å²) in [5.74, 6) is 0. The van der Waals surface area contributed by atoms with Crippen molar-refractivity contribution in [2.45, 2.75) is 0 Å². The number of nitrogens with zero attached hydrogens (tertiary/aromatic N) is 1. The van der Waals surface area contributed by atoms with Crippen molar-refractivity contribution < 1.29 is 0 Å². The summed E-state index contributed by atoms with van der Waals surface area (Å²) >= 11 is 0. The molecule has 9 rings (SSSR count). The molecule has 0 bridgehead atoms. The van der Waals surface area contributed by atoms with Gasteiger partial charge in [-0.2, -0.15) is 0 Å². The van der Waals surface area contributed by atoms with Gasteiger partial charge in [-0.05, 0) is 110 Å². The standard InChI is InChI=1S/C52H38N2/c1-4-15-42(16-5-1)52-50-25-11-10-14-41(50)32-35-51(52)53-46-20-13-19-45(37-46)39-28-26-38(27-29-39)43-17-12-18-44(36-43)40-30-33-49(34-31-40)54(47-21-6-2-7-22-47)48-23-8-3-9-24-48/h1-37,53H. The van der Waals surface area contributed by atoms with Gasteiger partial charge in [-0.3, -0.25) is 0 Å². The molecule has 0 aliphatic rings. The number of hydrogen-bond donors (Lipinski definition) is 1. The van der Waals surface area contributed by atoms with Crippen LogP contribution in [0, 0.1) is 0 Å². The number of para-hydroxylation sites is 2. The fourth-order valence-electron chi connectivity index (χ4n) is 7.36. The van der Waals surface area contributed by atoms with Gasteiger partial charge in [-0.25, -0.2) is 0 Å². The van der Waals surface area contributed by atoms with Crippen molar-refractivity contribution in [3.8, 4) is 44.5 Å². The van der Waals surface area contributed by atoms with Crippen LogP contribution in [0.15, 0.2) is 224 Å². The van der Waals surface area contributed by atoms with Crippen molar-refractivity contribution in [1.29, 1.82) is 0 Å². The van der Waals surface area contributed by atoms with Gasteiger partial charge in [0.05, 0.1) is 0 Å². The summed E-state index contributed by atoms with van der Waals surface area (Å²) in [6, 6.07) is 79.9. The summed E-state index contributed by atoms with van der Waals surface area (Å²) < 4.78 is 0. The van der Waals surface area contributed by atoms with E-state index in [1.54, 1.807) is 0 Å². The molecule has 0 saturated carbocycles. The normalized spacial score (nSPS) is 11.0. The molecular formula is C52H38N2. The van der Waals surface area contributed by atoms with Gasteiger partial charge < -0.3 is 10.2 Å². The van der Waals surface area contributed by atoms with E-state index in [4.69, 9.17) is 0 Å². The molecule has 0 aliphatic heterocycles. The van der Waals surface area contributed by atoms with Crippen molar-refractivity contribution in [2.24, 2.45) is 0 Å². The average molecular weight is 691 g/mol. The van der Waals surface area contributed by atoms with E-state index in [9.17, 15) is 0 Å². The first-order chi connectivity index (χ1) is 26.8. The van der Waals surface area contributed by atoms with E-state index in [-0.39, 0.29) is 0 Å². The minimum Gasteiger partial charge on any atom is -0.355 e. The molecule has 0 amide bonds. The average Bonchev–Trinajstić information content (AvgIpc) is 3.25. The highest BCUT2D eigenvalue weighted by Gasteiger charge is 2.13. The molecule has 0 aliphatic carbocycles. The molecule has 1 N–H and O–H groups in total. The van der Waals surface area contributed by atoms with Gasteiger partial charge in [0.2, 0.25) is 0 Å². The fraction of sp³-hybridized carbons (Fsp3) is 0. The van der Waals surface area contributed by atoms with Crippen LogP contribution < -0.4 is 10.2 Å². The highest BCUT2D eigenvalue weighted by atomic mass is 15.1. The minimum absolute atomic E-state index is 1.05. The highest BCUT2D eigenvalue weighted by molar-refractivity contribution is 6.03. The first-order valence-electron chi connectivity index (χ1n) is 18.4. The zero-order chi connectivity index (χ0) is 36.1. The van der Waals surface area contributed by atoms with Crippen LogP contribution in [0.25, 0.3) is 55.3 Å². The molecule has 2 nitrogen and oxygen atoms in total. The lowest BCUT2D eigenvalue weighted by atomic mass is 9.96. The van der Waals surface area contributed by atoms with Crippen LogP contribution in [-0.4, -0.2) is 0 Å². The Kier molecular flexibility index (Phi) is 8.99. The van der Waals surface area contributed by atoms with E-state index in [1.165, 1.54) is 55.3 Å². The first kappa shape index (κ1) is 32.7. The third-order valence-electron chi connectivity index (χ3n) is 10.0. The number of anilines is 5. The van der Waals surface area contributed by atoms with E-state index in [0.29, 0.717) is 0 Å². The quantitative estimate of drug-likeness (QED) is 0.162. The van der Waals surface area contributed by atoms with Crippen LogP contribution in [0.2, 0.25) is 0 Å². The van der Waals surface area contributed by atoms with Gasteiger partial charge in [0.25, 0.3) is 0 Å². The summed E-state index contributed by atoms with van der Waals surface area (Å²) in [4.78, 5) is 2.29. The Labute approximate surface area is 317 Å². The molecule has 0 aromatic heterocycles. The van der Waals surface area contributed by atoms with Crippen molar-refractivity contribution in [2.75, 3.05) is 10.2 Å². The SMILES string of the molecule is c1ccc(-c2c(Nc3cccc(-c4ccc(-c5cccc(-c6ccc(N(c7ccccc7)c7ccccc7)cc6)c5)cc4)c3)ccc3ccccc23)cc1. The molecule has 54 heavy (non-hydrogen) atoms. The van der Waals surface area contributed by atoms with Crippen LogP contribution in [0.3, 0.4) is 0 Å². The smallest absolute Gasteiger partial charge is 0.0470 e. The van der Waals surface area contributed by atoms with Gasteiger partial charge >= 0.3 is 0 Å². The molecule has 0 radical (unpaired) electrons. The van der Waals surface area contributed by atoms with Gasteiger partial charge in [0, 0.05) is 34.0 Å². The van der Waals surface area contributed by atoms with Crippen molar-refractivity contribution in [1.82, 2.24) is 0 Å². The van der Waals surface area contributed by atoms with Crippen molar-refractivity contribution in [3.05, 3.63) is 224 Å². The van der Waals surface area contributed by atoms with Gasteiger partial charge in [0.1, 0.15) is 0 Å². The molecule has 2 heteroatoms. The summed E-state index contributed by atoms with van der Waals surface area (Å²) in [5, 5.41) is 6.22. The van der Waals surface area contributed by atoms with E-state index in [1.807, 2.05) is 0 Å². The Morgan fingerprint density at radius 3 is 1.37 bits per heavy atom. The Bertz CT molecular complexity index is 2610. The number of benzene rings is 9. The monoisotopic (exact) mass is 690 g/mol. The predicted molar refractivity (Wildman–Crippen MR) is 230 cm³/mol. The maximum absolute atomic E-state index is 3.76. The third kappa shape index (κ3) is 6.77. The first-order valence-corrected chi connectivity index (χ1v) is 18.4. The zero-order valence-electron chi connectivity index (χ0n) is 29.8. The molecular weight excluding hydrogens is 653 g/mol. The second-order valence-corrected chi connectivity index (χ2v) is 13.5. The topological polar surface area (TPSA) is 15.3 Å². The minimum atomic E-state index is 1.05. The number of fused-ring (bicyclic) bond motifs is 1. The maximum Gasteiger partial charge on any atom is 0.0470 e. The third-order valence-corrected chi connectivity index (χ3v) is 10.0. The van der Waals surface area contributed by atoms with Crippen LogP contribution in [0.1, 0.15) is 0 Å². The fourth-order valence-corrected chi connectivity index (χ4v) is 7.36. The van der Waals surface area contributed by atoms with Gasteiger partial charge in [-0.1, -0.05) is 164 Å². The van der Waals surface area contributed by atoms with Crippen LogP contribution in [-0.2, 0) is 0 Å². The Morgan fingerprint density at radius 2 is 0.759 bits per heavy atom. The van der Waals surface area contributed by atoms with E-state index in [2.05, 4.69) is 235 Å². The van der Waals surface area contributed by atoms with Crippen LogP contribution >= 0.6 is 0 Å². The van der Waals surface area contributed by atoms with Crippen LogP contribution in [0.5, 0.6) is 0 Å². The van der Waals surface area contributed by atoms with Crippen molar-refractivity contribution >= 4 is 39.2 Å². The number of rotatable bonds is 9. The summed E-state index contributed by atoms with van der Waals surface area (Å²) in [6.45, 7) is 0. The Balaban J connectivity index is 0.958. The van der Waals surface area contributed by atoms with Crippen LogP contribution in [0.4, 0.5) is 28.4 Å². The molecule has 256 valence electrons. The zero-order valence-corrected chi connectivity index (χ0v) is 29.8. The predicted octanol–water partition coefficient (Wildman–Crippen LogP) is 14.7. The highest BCUT2D eigenvalue weighted by Crippen LogP contribution is 2.39. The van der Waals surface area contributed by atoms with E-state index >= 15 is 0 Å². The summed E-state index contributed by atoms with van der Waals surface area (Å²) in [7, 11) is 0. The summed E-state index contributed by atoms with van der Waals surface area (Å²) in [5.41, 5.74) is 15.0. The Hall–Kier alpha value is -7.16. The lowest BCUT2D eigenvalue weighted by Crippen LogP contribution is -2.09. The molecule has 9 aromatic rings. The summed E-state index contributed by atoms with van der Waals surface area (Å²) in [6.07, 6.45) is 0. The molecule has 0 spiro atoms. The van der Waals surface area contributed by atoms with E-state index < -0.39 is 0 Å². The molecule has 0 atom stereocenters. The molecule has 0 unspecified atom stereocenters. The molecule has 0 fully saturated rings. The molecule has 9 aromatic carbocycles. The lowest BCUT2D eigenvalue weighted by Gasteiger charge is -2.25. The lowest BCUT2D eigenvalue weighted by molar-refractivity contribution is 1.28. The number of nitrogens with one attached hydrogen (secondary N) is 1. The second-order valence-electron chi connectivity index (χ2n) is 13.5. The maximum atomic E-state index is 3.76. The van der Waals surface area contributed by atoms with Crippen molar-refractivity contribution in [3.63, 3.8) is 0 Å². The van der Waals surface area contributed by atoms with E-state index in [0.717, 1.165) is 28.4 Å². The van der Waals surface area contributed by atoms with Gasteiger partial charge in [-0.15, -0.1) is 0 Å². The number of hydrogen-bond acceptors (Lipinski definition) is 2. The van der Waals surface area contributed by atoms with Gasteiger partial charge in [0.15, 0.2) is 0 Å². The largest absolute Gasteiger partial charge is 0.355 e. The molecule has 0 heterocycles. The second kappa shape index (κ2) is 14.8. The Morgan fingerprint density at radius 1 is 0.296 bits per heavy atom. The molecule has 0 saturated heterocycles.